The average molecular weight is 408 g/mol. The van der Waals surface area contributed by atoms with Gasteiger partial charge in [0.05, 0.1) is 13.7 Å². The van der Waals surface area contributed by atoms with E-state index in [0.717, 1.165) is 5.39 Å². The molecule has 4 aromatic rings. The first-order valence-corrected chi connectivity index (χ1v) is 9.48. The van der Waals surface area contributed by atoms with E-state index in [4.69, 9.17) is 23.0 Å². The Hall–Kier alpha value is -3.74. The Labute approximate surface area is 171 Å². The van der Waals surface area contributed by atoms with Gasteiger partial charge in [-0.3, -0.25) is 0 Å². The number of carbonyl (C=O) groups excluding carboxylic acids is 1. The van der Waals surface area contributed by atoms with Crippen molar-refractivity contribution in [2.45, 2.75) is 20.0 Å². The summed E-state index contributed by atoms with van der Waals surface area (Å²) in [4.78, 5) is 24.0. The molecule has 0 N–H and O–H groups in total. The van der Waals surface area contributed by atoms with Crippen molar-refractivity contribution >= 4 is 27.9 Å². The van der Waals surface area contributed by atoms with Crippen LogP contribution >= 0.6 is 0 Å². The molecule has 0 fully saturated rings. The first-order chi connectivity index (χ1) is 14.5. The topological polar surface area (TPSA) is 88.1 Å². The molecule has 0 saturated carbocycles. The van der Waals surface area contributed by atoms with Crippen LogP contribution in [0.2, 0.25) is 0 Å². The molecule has 0 spiro atoms. The molecule has 0 saturated heterocycles. The summed E-state index contributed by atoms with van der Waals surface area (Å²) in [6, 6.07) is 13.7. The lowest BCUT2D eigenvalue weighted by molar-refractivity contribution is -0.150. The third-order valence-corrected chi connectivity index (χ3v) is 4.64. The zero-order valence-electron chi connectivity index (χ0n) is 16.8. The quantitative estimate of drug-likeness (QED) is 0.342. The Bertz CT molecular complexity index is 1280. The number of methoxy groups -OCH3 is 1. The number of furan rings is 1. The maximum atomic E-state index is 12.1. The maximum absolute atomic E-state index is 12.1. The van der Waals surface area contributed by atoms with E-state index in [0.29, 0.717) is 39.4 Å². The third kappa shape index (κ3) is 3.61. The maximum Gasteiger partial charge on any atom is 0.347 e. The number of ether oxygens (including phenoxy) is 3. The fourth-order valence-corrected chi connectivity index (χ4v) is 3.26. The van der Waals surface area contributed by atoms with E-state index in [1.54, 1.807) is 45.2 Å². The Morgan fingerprint density at radius 2 is 1.93 bits per heavy atom. The van der Waals surface area contributed by atoms with Crippen LogP contribution in [0.25, 0.3) is 33.3 Å². The number of hydrogen-bond acceptors (Lipinski definition) is 7. The van der Waals surface area contributed by atoms with Crippen molar-refractivity contribution in [3.63, 3.8) is 0 Å². The molecule has 4 rings (SSSR count). The molecule has 0 unspecified atom stereocenters. The van der Waals surface area contributed by atoms with Crippen LogP contribution in [0.1, 0.15) is 13.8 Å². The van der Waals surface area contributed by atoms with Crippen LogP contribution in [0.3, 0.4) is 0 Å². The average Bonchev–Trinajstić information content (AvgIpc) is 3.17. The molecule has 30 heavy (non-hydrogen) atoms. The fourth-order valence-electron chi connectivity index (χ4n) is 3.26. The summed E-state index contributed by atoms with van der Waals surface area (Å²) in [5.74, 6) is 1.06. The van der Waals surface area contributed by atoms with Crippen molar-refractivity contribution in [1.29, 1.82) is 0 Å². The van der Waals surface area contributed by atoms with E-state index in [1.165, 1.54) is 6.07 Å². The Morgan fingerprint density at radius 1 is 1.10 bits per heavy atom. The lowest BCUT2D eigenvalue weighted by atomic mass is 10.1. The number of esters is 1. The van der Waals surface area contributed by atoms with Crippen LogP contribution in [-0.4, -0.2) is 25.8 Å². The van der Waals surface area contributed by atoms with E-state index in [1.807, 2.05) is 18.2 Å². The highest BCUT2D eigenvalue weighted by atomic mass is 16.6. The van der Waals surface area contributed by atoms with Gasteiger partial charge in [-0.2, -0.15) is 0 Å². The fraction of sp³-hybridized carbons (Fsp3) is 0.217. The molecule has 7 heteroatoms. The first-order valence-electron chi connectivity index (χ1n) is 9.48. The van der Waals surface area contributed by atoms with Gasteiger partial charge in [-0.1, -0.05) is 12.1 Å². The summed E-state index contributed by atoms with van der Waals surface area (Å²) in [5.41, 5.74) is 1.01. The van der Waals surface area contributed by atoms with E-state index in [2.05, 4.69) is 0 Å². The normalized spacial score (nSPS) is 12.1. The van der Waals surface area contributed by atoms with Gasteiger partial charge in [0.25, 0.3) is 0 Å². The second kappa shape index (κ2) is 7.94. The summed E-state index contributed by atoms with van der Waals surface area (Å²) < 4.78 is 27.4. The predicted molar refractivity (Wildman–Crippen MR) is 111 cm³/mol. The zero-order valence-corrected chi connectivity index (χ0v) is 16.8. The second-order valence-electron chi connectivity index (χ2n) is 6.64. The van der Waals surface area contributed by atoms with Crippen LogP contribution in [0.4, 0.5) is 0 Å². The van der Waals surface area contributed by atoms with Gasteiger partial charge in [-0.05, 0) is 44.2 Å². The number of carbonyl (C=O) groups is 1. The number of rotatable bonds is 6. The van der Waals surface area contributed by atoms with Crippen molar-refractivity contribution in [1.82, 2.24) is 0 Å². The molecule has 2 heterocycles. The summed E-state index contributed by atoms with van der Waals surface area (Å²) in [7, 11) is 1.57. The Kier molecular flexibility index (Phi) is 5.18. The highest BCUT2D eigenvalue weighted by Gasteiger charge is 2.18. The molecule has 7 nitrogen and oxygen atoms in total. The highest BCUT2D eigenvalue weighted by Crippen LogP contribution is 2.36. The molecule has 2 aromatic carbocycles. The number of fused-ring (bicyclic) bond motifs is 2. The molecule has 2 aromatic heterocycles. The Morgan fingerprint density at radius 3 is 2.70 bits per heavy atom. The highest BCUT2D eigenvalue weighted by molar-refractivity contribution is 5.96. The lowest BCUT2D eigenvalue weighted by Crippen LogP contribution is -2.26. The third-order valence-electron chi connectivity index (χ3n) is 4.64. The lowest BCUT2D eigenvalue weighted by Gasteiger charge is -2.14. The Balaban J connectivity index is 1.81. The van der Waals surface area contributed by atoms with Crippen molar-refractivity contribution in [2.75, 3.05) is 13.7 Å². The van der Waals surface area contributed by atoms with E-state index in [-0.39, 0.29) is 6.61 Å². The number of benzene rings is 2. The number of hydrogen-bond donors (Lipinski definition) is 0. The monoisotopic (exact) mass is 408 g/mol. The summed E-state index contributed by atoms with van der Waals surface area (Å²) in [6.07, 6.45) is -0.781. The molecule has 154 valence electrons. The zero-order chi connectivity index (χ0) is 21.3. The van der Waals surface area contributed by atoms with Crippen LogP contribution in [0.15, 0.2) is 62.2 Å². The van der Waals surface area contributed by atoms with Gasteiger partial charge in [0.1, 0.15) is 17.1 Å². The molecular weight excluding hydrogens is 388 g/mol. The molecular formula is C23H20O7. The van der Waals surface area contributed by atoms with Crippen molar-refractivity contribution in [2.24, 2.45) is 0 Å². The van der Waals surface area contributed by atoms with Gasteiger partial charge >= 0.3 is 11.6 Å². The predicted octanol–water partition coefficient (Wildman–Crippen LogP) is 4.55. The minimum absolute atomic E-state index is 0.273. The second-order valence-corrected chi connectivity index (χ2v) is 6.64. The van der Waals surface area contributed by atoms with Gasteiger partial charge in [-0.15, -0.1) is 0 Å². The van der Waals surface area contributed by atoms with Crippen molar-refractivity contribution in [3.8, 4) is 22.8 Å². The van der Waals surface area contributed by atoms with E-state index in [9.17, 15) is 9.59 Å². The van der Waals surface area contributed by atoms with Crippen LogP contribution < -0.4 is 15.1 Å². The molecule has 0 amide bonds. The molecule has 0 bridgehead atoms. The standard InChI is InChI=1S/C23H20O7/c1-4-27-23(25)13(2)28-15-8-9-18-16(11-15)17(12-21(24)29-18)20-10-14-6-5-7-19(26-3)22(14)30-20/h5-13H,4H2,1-3H3/t13-/m0/s1. The molecule has 0 aliphatic carbocycles. The largest absolute Gasteiger partial charge is 0.493 e. The SMILES string of the molecule is CCOC(=O)[C@H](C)Oc1ccc2oc(=O)cc(-c3cc4cccc(OC)c4o3)c2c1. The van der Waals surface area contributed by atoms with E-state index < -0.39 is 17.7 Å². The summed E-state index contributed by atoms with van der Waals surface area (Å²) >= 11 is 0. The summed E-state index contributed by atoms with van der Waals surface area (Å²) in [5, 5.41) is 1.45. The van der Waals surface area contributed by atoms with Gasteiger partial charge in [0, 0.05) is 22.4 Å². The van der Waals surface area contributed by atoms with Crippen molar-refractivity contribution in [3.05, 3.63) is 59.0 Å². The molecule has 0 aliphatic rings. The van der Waals surface area contributed by atoms with Crippen LogP contribution in [-0.2, 0) is 9.53 Å². The smallest absolute Gasteiger partial charge is 0.347 e. The summed E-state index contributed by atoms with van der Waals surface area (Å²) in [6.45, 7) is 3.62. The van der Waals surface area contributed by atoms with Crippen molar-refractivity contribution < 1.29 is 27.8 Å². The van der Waals surface area contributed by atoms with E-state index >= 15 is 0 Å². The van der Waals surface area contributed by atoms with Crippen LogP contribution in [0.5, 0.6) is 11.5 Å². The minimum Gasteiger partial charge on any atom is -0.493 e. The van der Waals surface area contributed by atoms with Gasteiger partial charge in [0.15, 0.2) is 17.4 Å². The molecule has 0 radical (unpaired) electrons. The number of para-hydroxylation sites is 1. The van der Waals surface area contributed by atoms with Gasteiger partial charge in [-0.25, -0.2) is 9.59 Å². The minimum atomic E-state index is -0.781. The first kappa shape index (κ1) is 19.6. The van der Waals surface area contributed by atoms with Gasteiger partial charge in [0.2, 0.25) is 0 Å². The molecule has 0 aliphatic heterocycles. The van der Waals surface area contributed by atoms with Crippen LogP contribution in [0, 0.1) is 0 Å². The molecule has 1 atom stereocenters. The van der Waals surface area contributed by atoms with Gasteiger partial charge < -0.3 is 23.0 Å².